The van der Waals surface area contributed by atoms with Crippen molar-refractivity contribution in [3.05, 3.63) is 71.3 Å². The Bertz CT molecular complexity index is 994. The number of carbonyl (C=O) groups excluding carboxylic acids is 1. The molecule has 1 fully saturated rings. The minimum atomic E-state index is -0.461. The zero-order valence-corrected chi connectivity index (χ0v) is 16.2. The maximum atomic E-state index is 13.2. The third-order valence-corrected chi connectivity index (χ3v) is 4.97. The summed E-state index contributed by atoms with van der Waals surface area (Å²) in [6.07, 6.45) is 3.40. The number of amides is 1. The second-order valence-corrected chi connectivity index (χ2v) is 6.95. The molecule has 0 bridgehead atoms. The van der Waals surface area contributed by atoms with Crippen LogP contribution in [0.1, 0.15) is 10.4 Å². The average molecular weight is 413 g/mol. The van der Waals surface area contributed by atoms with E-state index in [0.29, 0.717) is 37.6 Å². The molecular weight excluding hydrogens is 395 g/mol. The van der Waals surface area contributed by atoms with Crippen LogP contribution in [0.25, 0.3) is 0 Å². The van der Waals surface area contributed by atoms with Crippen LogP contribution in [0.4, 0.5) is 21.7 Å². The van der Waals surface area contributed by atoms with Crippen molar-refractivity contribution in [2.75, 3.05) is 36.4 Å². The summed E-state index contributed by atoms with van der Waals surface area (Å²) in [6.45, 7) is 2.28. The topological polar surface area (TPSA) is 74.2 Å². The van der Waals surface area contributed by atoms with Crippen molar-refractivity contribution in [2.24, 2.45) is 0 Å². The van der Waals surface area contributed by atoms with Crippen molar-refractivity contribution in [1.82, 2.24) is 20.1 Å². The fourth-order valence-electron chi connectivity index (χ4n) is 3.12. The second-order valence-electron chi connectivity index (χ2n) is 6.54. The van der Waals surface area contributed by atoms with Crippen molar-refractivity contribution in [3.63, 3.8) is 0 Å². The molecule has 0 aliphatic carbocycles. The first-order valence-electron chi connectivity index (χ1n) is 9.10. The second kappa shape index (κ2) is 8.40. The van der Waals surface area contributed by atoms with Gasteiger partial charge in [-0.1, -0.05) is 11.6 Å². The number of pyridine rings is 1. The van der Waals surface area contributed by atoms with Gasteiger partial charge in [0.15, 0.2) is 11.6 Å². The fraction of sp³-hybridized carbons (Fsp3) is 0.200. The van der Waals surface area contributed by atoms with Crippen LogP contribution < -0.4 is 10.2 Å². The third-order valence-electron chi connectivity index (χ3n) is 4.66. The van der Waals surface area contributed by atoms with E-state index >= 15 is 0 Å². The molecule has 1 saturated heterocycles. The lowest BCUT2D eigenvalue weighted by Gasteiger charge is -2.35. The molecule has 9 heteroatoms. The average Bonchev–Trinajstić information content (AvgIpc) is 2.75. The first-order chi connectivity index (χ1) is 14.1. The number of benzene rings is 1. The van der Waals surface area contributed by atoms with Crippen molar-refractivity contribution in [3.8, 4) is 0 Å². The molecule has 29 heavy (non-hydrogen) atoms. The quantitative estimate of drug-likeness (QED) is 0.708. The molecule has 1 N–H and O–H groups in total. The molecule has 0 unspecified atom stereocenters. The van der Waals surface area contributed by atoms with Crippen LogP contribution in [-0.4, -0.2) is 52.2 Å². The highest BCUT2D eigenvalue weighted by atomic mass is 35.5. The lowest BCUT2D eigenvalue weighted by atomic mass is 10.1. The monoisotopic (exact) mass is 412 g/mol. The minimum Gasteiger partial charge on any atom is -0.352 e. The molecule has 1 aliphatic rings. The SMILES string of the molecule is O=C(c1ccc(F)cc1Cl)N1CCN(c2ccc(Nc3ccncc3)nn2)CC1. The zero-order chi connectivity index (χ0) is 20.2. The Morgan fingerprint density at radius 1 is 1.00 bits per heavy atom. The number of hydrogen-bond donors (Lipinski definition) is 1. The number of nitrogens with one attached hydrogen (secondary N) is 1. The molecule has 0 atom stereocenters. The Morgan fingerprint density at radius 3 is 2.41 bits per heavy atom. The number of halogens is 2. The van der Waals surface area contributed by atoms with Crippen LogP contribution in [0.15, 0.2) is 54.9 Å². The molecule has 1 amide bonds. The van der Waals surface area contributed by atoms with E-state index in [4.69, 9.17) is 11.6 Å². The summed E-state index contributed by atoms with van der Waals surface area (Å²) in [5.41, 5.74) is 1.20. The summed E-state index contributed by atoms with van der Waals surface area (Å²) in [5.74, 6) is 0.728. The van der Waals surface area contributed by atoms with Gasteiger partial charge in [0, 0.05) is 44.3 Å². The van der Waals surface area contributed by atoms with Gasteiger partial charge in [0.25, 0.3) is 5.91 Å². The number of nitrogens with zero attached hydrogens (tertiary/aromatic N) is 5. The van der Waals surface area contributed by atoms with Crippen LogP contribution in [0.2, 0.25) is 5.02 Å². The molecular formula is C20H18ClFN6O. The number of hydrogen-bond acceptors (Lipinski definition) is 6. The van der Waals surface area contributed by atoms with E-state index in [0.717, 1.165) is 17.6 Å². The highest BCUT2D eigenvalue weighted by Gasteiger charge is 2.24. The zero-order valence-electron chi connectivity index (χ0n) is 15.4. The van der Waals surface area contributed by atoms with E-state index in [1.165, 1.54) is 12.1 Å². The van der Waals surface area contributed by atoms with Crippen LogP contribution in [0.5, 0.6) is 0 Å². The molecule has 2 aromatic heterocycles. The maximum absolute atomic E-state index is 13.2. The Balaban J connectivity index is 1.36. The van der Waals surface area contributed by atoms with Crippen LogP contribution in [-0.2, 0) is 0 Å². The van der Waals surface area contributed by atoms with Crippen molar-refractivity contribution in [2.45, 2.75) is 0 Å². The van der Waals surface area contributed by atoms with E-state index in [1.54, 1.807) is 17.3 Å². The van der Waals surface area contributed by atoms with Gasteiger partial charge in [-0.15, -0.1) is 10.2 Å². The Morgan fingerprint density at radius 2 is 1.76 bits per heavy atom. The number of piperazine rings is 1. The lowest BCUT2D eigenvalue weighted by molar-refractivity contribution is 0.0746. The summed E-state index contributed by atoms with van der Waals surface area (Å²) in [6, 6.07) is 11.3. The summed E-state index contributed by atoms with van der Waals surface area (Å²) in [5, 5.41) is 11.8. The summed E-state index contributed by atoms with van der Waals surface area (Å²) in [7, 11) is 0. The van der Waals surface area contributed by atoms with Gasteiger partial charge in [0.05, 0.1) is 10.6 Å². The Labute approximate surface area is 172 Å². The molecule has 0 saturated carbocycles. The van der Waals surface area contributed by atoms with Gasteiger partial charge in [-0.2, -0.15) is 0 Å². The molecule has 1 aromatic carbocycles. The molecule has 4 rings (SSSR count). The van der Waals surface area contributed by atoms with Gasteiger partial charge >= 0.3 is 0 Å². The predicted molar refractivity (Wildman–Crippen MR) is 109 cm³/mol. The van der Waals surface area contributed by atoms with Gasteiger partial charge in [0.2, 0.25) is 0 Å². The van der Waals surface area contributed by atoms with Crippen LogP contribution in [0, 0.1) is 5.82 Å². The smallest absolute Gasteiger partial charge is 0.255 e. The van der Waals surface area contributed by atoms with Gasteiger partial charge in [0.1, 0.15) is 5.82 Å². The molecule has 0 radical (unpaired) electrons. The van der Waals surface area contributed by atoms with Crippen molar-refractivity contribution in [1.29, 1.82) is 0 Å². The largest absolute Gasteiger partial charge is 0.352 e. The van der Waals surface area contributed by atoms with E-state index in [1.807, 2.05) is 24.3 Å². The van der Waals surface area contributed by atoms with E-state index in [2.05, 4.69) is 25.4 Å². The highest BCUT2D eigenvalue weighted by molar-refractivity contribution is 6.33. The standard InChI is InChI=1S/C20H18ClFN6O/c21-17-13-14(22)1-2-16(17)20(29)28-11-9-27(10-12-28)19-4-3-18(25-26-19)24-15-5-7-23-8-6-15/h1-8,13H,9-12H2,(H,23,24,25). The van der Waals surface area contributed by atoms with E-state index < -0.39 is 5.82 Å². The van der Waals surface area contributed by atoms with Crippen molar-refractivity contribution < 1.29 is 9.18 Å². The first kappa shape index (κ1) is 19.1. The highest BCUT2D eigenvalue weighted by Crippen LogP contribution is 2.21. The fourth-order valence-corrected chi connectivity index (χ4v) is 3.36. The summed E-state index contributed by atoms with van der Waals surface area (Å²) >= 11 is 6.02. The maximum Gasteiger partial charge on any atom is 0.255 e. The predicted octanol–water partition coefficient (Wildman–Crippen LogP) is 3.37. The number of rotatable bonds is 4. The first-order valence-corrected chi connectivity index (χ1v) is 9.48. The normalized spacial score (nSPS) is 14.0. The van der Waals surface area contributed by atoms with Crippen LogP contribution in [0.3, 0.4) is 0 Å². The summed E-state index contributed by atoms with van der Waals surface area (Å²) < 4.78 is 13.2. The van der Waals surface area contributed by atoms with Gasteiger partial charge in [-0.25, -0.2) is 4.39 Å². The number of anilines is 3. The Hall–Kier alpha value is -3.26. The Kier molecular flexibility index (Phi) is 5.53. The van der Waals surface area contributed by atoms with Gasteiger partial charge < -0.3 is 15.1 Å². The van der Waals surface area contributed by atoms with Crippen molar-refractivity contribution >= 4 is 34.8 Å². The third kappa shape index (κ3) is 4.43. The number of carbonyl (C=O) groups is 1. The molecule has 1 aliphatic heterocycles. The summed E-state index contributed by atoms with van der Waals surface area (Å²) in [4.78, 5) is 20.4. The number of aromatic nitrogens is 3. The molecule has 3 heterocycles. The van der Waals surface area contributed by atoms with E-state index in [-0.39, 0.29) is 10.9 Å². The molecule has 148 valence electrons. The van der Waals surface area contributed by atoms with Gasteiger partial charge in [-0.05, 0) is 42.5 Å². The molecule has 0 spiro atoms. The van der Waals surface area contributed by atoms with E-state index in [9.17, 15) is 9.18 Å². The minimum absolute atomic E-state index is 0.126. The van der Waals surface area contributed by atoms with Gasteiger partial charge in [-0.3, -0.25) is 9.78 Å². The lowest BCUT2D eigenvalue weighted by Crippen LogP contribution is -2.49. The molecule has 7 nitrogen and oxygen atoms in total. The van der Waals surface area contributed by atoms with Crippen LogP contribution >= 0.6 is 11.6 Å². The molecule has 3 aromatic rings.